The van der Waals surface area contributed by atoms with Crippen molar-refractivity contribution in [3.8, 4) is 0 Å². The first kappa shape index (κ1) is 12.8. The third-order valence-corrected chi connectivity index (χ3v) is 3.63. The van der Waals surface area contributed by atoms with Gasteiger partial charge in [0.2, 0.25) is 0 Å². The highest BCUT2D eigenvalue weighted by molar-refractivity contribution is 6.20. The fourth-order valence-electron chi connectivity index (χ4n) is 2.50. The van der Waals surface area contributed by atoms with Crippen LogP contribution < -0.4 is 5.01 Å². The van der Waals surface area contributed by atoms with Crippen LogP contribution in [0.5, 0.6) is 0 Å². The molecule has 1 saturated heterocycles. The Morgan fingerprint density at radius 1 is 1.32 bits per heavy atom. The number of aryl methyl sites for hydroxylation is 1. The highest BCUT2D eigenvalue weighted by Gasteiger charge is 2.21. The van der Waals surface area contributed by atoms with Gasteiger partial charge in [-0.15, -0.1) is 11.6 Å². The predicted octanol–water partition coefficient (Wildman–Crippen LogP) is 2.61. The molecule has 19 heavy (non-hydrogen) atoms. The highest BCUT2D eigenvalue weighted by atomic mass is 35.5. The summed E-state index contributed by atoms with van der Waals surface area (Å²) in [7, 11) is 0. The molecule has 0 spiro atoms. The van der Waals surface area contributed by atoms with Crippen LogP contribution in [0.4, 0.5) is 0 Å². The maximum Gasteiger partial charge on any atom is 0.146 e. The van der Waals surface area contributed by atoms with E-state index in [-0.39, 0.29) is 5.38 Å². The van der Waals surface area contributed by atoms with Gasteiger partial charge in [0.05, 0.1) is 42.7 Å². The average molecular weight is 280 g/mol. The van der Waals surface area contributed by atoms with Crippen LogP contribution in [0.15, 0.2) is 18.2 Å². The summed E-state index contributed by atoms with van der Waals surface area (Å²) in [6.07, 6.45) is 0. The summed E-state index contributed by atoms with van der Waals surface area (Å²) >= 11 is 6.30. The van der Waals surface area contributed by atoms with Crippen molar-refractivity contribution in [1.29, 1.82) is 0 Å². The van der Waals surface area contributed by atoms with E-state index in [0.29, 0.717) is 0 Å². The van der Waals surface area contributed by atoms with E-state index in [1.807, 2.05) is 6.92 Å². The zero-order valence-corrected chi connectivity index (χ0v) is 12.0. The quantitative estimate of drug-likeness (QED) is 0.792. The molecule has 2 heterocycles. The van der Waals surface area contributed by atoms with Gasteiger partial charge in [0.15, 0.2) is 0 Å². The lowest BCUT2D eigenvalue weighted by Crippen LogP contribution is -2.44. The van der Waals surface area contributed by atoms with Gasteiger partial charge < -0.3 is 9.75 Å². The van der Waals surface area contributed by atoms with Crippen molar-refractivity contribution >= 4 is 22.6 Å². The Morgan fingerprint density at radius 3 is 2.74 bits per heavy atom. The molecule has 1 fully saturated rings. The van der Waals surface area contributed by atoms with Crippen LogP contribution in [0, 0.1) is 6.92 Å². The van der Waals surface area contributed by atoms with Crippen molar-refractivity contribution in [3.05, 3.63) is 29.6 Å². The van der Waals surface area contributed by atoms with Crippen LogP contribution >= 0.6 is 11.6 Å². The lowest BCUT2D eigenvalue weighted by Gasteiger charge is -2.31. The standard InChI is InChI=1S/C14H18ClN3O/c1-10-3-4-12-13(9-10)18(14(16-12)11(2)15)17-5-7-19-8-6-17/h3-4,9,11H,5-8H2,1-2H3. The molecule has 0 aliphatic carbocycles. The molecule has 4 nitrogen and oxygen atoms in total. The number of ether oxygens (including phenoxy) is 1. The molecule has 2 aromatic rings. The van der Waals surface area contributed by atoms with E-state index in [1.54, 1.807) is 0 Å². The van der Waals surface area contributed by atoms with Crippen LogP contribution in [0.2, 0.25) is 0 Å². The minimum atomic E-state index is -0.115. The predicted molar refractivity (Wildman–Crippen MR) is 77.5 cm³/mol. The topological polar surface area (TPSA) is 30.3 Å². The third kappa shape index (κ3) is 2.30. The van der Waals surface area contributed by atoms with E-state index in [2.05, 4.69) is 39.8 Å². The number of hydrogen-bond donors (Lipinski definition) is 0. The van der Waals surface area contributed by atoms with Gasteiger partial charge in [0.1, 0.15) is 5.82 Å². The zero-order chi connectivity index (χ0) is 13.4. The fourth-order valence-corrected chi connectivity index (χ4v) is 2.64. The molecule has 1 aliphatic heterocycles. The second-order valence-corrected chi connectivity index (χ2v) is 5.61. The molecule has 1 aliphatic rings. The molecule has 0 saturated carbocycles. The van der Waals surface area contributed by atoms with Crippen LogP contribution in [0.25, 0.3) is 11.0 Å². The van der Waals surface area contributed by atoms with E-state index < -0.39 is 0 Å². The zero-order valence-electron chi connectivity index (χ0n) is 11.3. The summed E-state index contributed by atoms with van der Waals surface area (Å²) < 4.78 is 7.59. The number of aromatic nitrogens is 2. The van der Waals surface area contributed by atoms with Crippen molar-refractivity contribution < 1.29 is 4.74 Å². The number of nitrogens with zero attached hydrogens (tertiary/aromatic N) is 3. The first-order chi connectivity index (χ1) is 9.16. The molecular formula is C14H18ClN3O. The smallest absolute Gasteiger partial charge is 0.146 e. The Morgan fingerprint density at radius 2 is 2.05 bits per heavy atom. The average Bonchev–Trinajstić information content (AvgIpc) is 2.78. The molecule has 0 bridgehead atoms. The van der Waals surface area contributed by atoms with Gasteiger partial charge in [-0.2, -0.15) is 0 Å². The summed E-state index contributed by atoms with van der Waals surface area (Å²) in [4.78, 5) is 4.68. The lowest BCUT2D eigenvalue weighted by atomic mass is 10.2. The minimum absolute atomic E-state index is 0.115. The van der Waals surface area contributed by atoms with E-state index in [9.17, 15) is 0 Å². The summed E-state index contributed by atoms with van der Waals surface area (Å²) in [5, 5.41) is 2.16. The molecule has 102 valence electrons. The number of benzene rings is 1. The summed E-state index contributed by atoms with van der Waals surface area (Å²) in [5.74, 6) is 0.907. The summed E-state index contributed by atoms with van der Waals surface area (Å²) in [6.45, 7) is 7.31. The molecule has 1 aromatic heterocycles. The molecule has 3 rings (SSSR count). The maximum atomic E-state index is 6.30. The monoisotopic (exact) mass is 279 g/mol. The van der Waals surface area contributed by atoms with Gasteiger partial charge in [-0.3, -0.25) is 0 Å². The maximum absolute atomic E-state index is 6.30. The van der Waals surface area contributed by atoms with Crippen molar-refractivity contribution in [1.82, 2.24) is 9.66 Å². The number of rotatable bonds is 2. The largest absolute Gasteiger partial charge is 0.378 e. The second kappa shape index (κ2) is 5.02. The number of halogens is 1. The number of alkyl halides is 1. The normalized spacial score (nSPS) is 17.9. The Kier molecular flexibility index (Phi) is 3.37. The Hall–Kier alpha value is -1.26. The number of imidazole rings is 1. The Bertz CT molecular complexity index is 588. The van der Waals surface area contributed by atoms with Crippen LogP contribution in [-0.2, 0) is 4.74 Å². The molecule has 0 amide bonds. The molecule has 1 atom stereocenters. The van der Waals surface area contributed by atoms with Crippen molar-refractivity contribution in [2.75, 3.05) is 31.3 Å². The minimum Gasteiger partial charge on any atom is -0.378 e. The third-order valence-electron chi connectivity index (χ3n) is 3.44. The highest BCUT2D eigenvalue weighted by Crippen LogP contribution is 2.25. The summed E-state index contributed by atoms with van der Waals surface area (Å²) in [6, 6.07) is 6.31. The summed E-state index contributed by atoms with van der Waals surface area (Å²) in [5.41, 5.74) is 3.36. The lowest BCUT2D eigenvalue weighted by molar-refractivity contribution is 0.111. The number of fused-ring (bicyclic) bond motifs is 1. The molecule has 0 N–H and O–H groups in total. The van der Waals surface area contributed by atoms with Gasteiger partial charge in [0, 0.05) is 0 Å². The Labute approximate surface area is 117 Å². The van der Waals surface area contributed by atoms with Crippen LogP contribution in [0.1, 0.15) is 23.7 Å². The molecular weight excluding hydrogens is 262 g/mol. The molecule has 5 heteroatoms. The van der Waals surface area contributed by atoms with Gasteiger partial charge in [-0.05, 0) is 31.5 Å². The van der Waals surface area contributed by atoms with E-state index in [0.717, 1.165) is 43.2 Å². The van der Waals surface area contributed by atoms with E-state index in [1.165, 1.54) is 5.56 Å². The van der Waals surface area contributed by atoms with Gasteiger partial charge in [-0.1, -0.05) is 6.07 Å². The van der Waals surface area contributed by atoms with Gasteiger partial charge in [-0.25, -0.2) is 9.66 Å². The van der Waals surface area contributed by atoms with E-state index >= 15 is 0 Å². The van der Waals surface area contributed by atoms with Crippen molar-refractivity contribution in [3.63, 3.8) is 0 Å². The van der Waals surface area contributed by atoms with Crippen molar-refractivity contribution in [2.45, 2.75) is 19.2 Å². The van der Waals surface area contributed by atoms with Crippen LogP contribution in [0.3, 0.4) is 0 Å². The molecule has 1 unspecified atom stereocenters. The molecule has 0 radical (unpaired) electrons. The number of morpholine rings is 1. The van der Waals surface area contributed by atoms with E-state index in [4.69, 9.17) is 16.3 Å². The number of hydrogen-bond acceptors (Lipinski definition) is 3. The first-order valence-electron chi connectivity index (χ1n) is 6.63. The second-order valence-electron chi connectivity index (χ2n) is 4.96. The van der Waals surface area contributed by atoms with Crippen LogP contribution in [-0.4, -0.2) is 36.0 Å². The Balaban J connectivity index is 2.17. The van der Waals surface area contributed by atoms with Crippen molar-refractivity contribution in [2.24, 2.45) is 0 Å². The van der Waals surface area contributed by atoms with Gasteiger partial charge >= 0.3 is 0 Å². The molecule has 1 aromatic carbocycles. The van der Waals surface area contributed by atoms with Gasteiger partial charge in [0.25, 0.3) is 0 Å². The SMILES string of the molecule is Cc1ccc2nc(C(C)Cl)n(N3CCOCC3)c2c1. The first-order valence-corrected chi connectivity index (χ1v) is 7.06. The fraction of sp³-hybridized carbons (Fsp3) is 0.500.